The van der Waals surface area contributed by atoms with Crippen LogP contribution in [0.3, 0.4) is 0 Å². The molecule has 6 nitrogen and oxygen atoms in total. The lowest BCUT2D eigenvalue weighted by molar-refractivity contribution is -0.173. The van der Waals surface area contributed by atoms with Crippen molar-refractivity contribution >= 4 is 17.7 Å². The van der Waals surface area contributed by atoms with Gasteiger partial charge in [0.2, 0.25) is 5.78 Å². The van der Waals surface area contributed by atoms with Gasteiger partial charge in [-0.3, -0.25) is 14.4 Å². The highest BCUT2D eigenvalue weighted by Crippen LogP contribution is 2.64. The zero-order chi connectivity index (χ0) is 22.2. The molecule has 6 heteroatoms. The summed E-state index contributed by atoms with van der Waals surface area (Å²) >= 11 is 0. The average molecular weight is 419 g/mol. The molecule has 3 fully saturated rings. The number of carbonyl (C=O) groups is 3. The Kier molecular flexibility index (Phi) is 4.78. The number of esters is 2. The lowest BCUT2D eigenvalue weighted by Crippen LogP contribution is -2.52. The molecule has 0 aromatic rings. The summed E-state index contributed by atoms with van der Waals surface area (Å²) in [5.74, 6) is -0.877. The molecule has 0 bridgehead atoms. The van der Waals surface area contributed by atoms with Gasteiger partial charge in [0.25, 0.3) is 0 Å². The maximum Gasteiger partial charge on any atom is 0.303 e. The SMILES string of the molecule is CC(=O)O[C@@H]1[C@@H]2[C@H]3O[C@]3(C)CC[C@H]3[C@H](/C=C(\C)C(=O)[C@@]2(OC(C)=O)C[C@@H]1C)C3(C)C. The third-order valence-electron chi connectivity index (χ3n) is 8.24. The third kappa shape index (κ3) is 3.14. The van der Waals surface area contributed by atoms with E-state index in [4.69, 9.17) is 14.2 Å². The maximum absolute atomic E-state index is 13.9. The van der Waals surface area contributed by atoms with Gasteiger partial charge in [-0.2, -0.15) is 0 Å². The van der Waals surface area contributed by atoms with E-state index in [0.717, 1.165) is 12.8 Å². The van der Waals surface area contributed by atoms with E-state index in [1.165, 1.54) is 13.8 Å². The Morgan fingerprint density at radius 3 is 2.43 bits per heavy atom. The van der Waals surface area contributed by atoms with Gasteiger partial charge >= 0.3 is 11.9 Å². The van der Waals surface area contributed by atoms with Gasteiger partial charge in [-0.1, -0.05) is 26.8 Å². The summed E-state index contributed by atoms with van der Waals surface area (Å²) in [7, 11) is 0. The molecule has 3 aliphatic carbocycles. The minimum atomic E-state index is -1.37. The zero-order valence-electron chi connectivity index (χ0n) is 19.1. The summed E-state index contributed by atoms with van der Waals surface area (Å²) in [6.07, 6.45) is 3.48. The molecule has 0 aromatic heterocycles. The van der Waals surface area contributed by atoms with Gasteiger partial charge in [-0.25, -0.2) is 0 Å². The summed E-state index contributed by atoms with van der Waals surface area (Å²) in [5, 5.41) is 0. The number of ketones is 1. The van der Waals surface area contributed by atoms with Crippen LogP contribution >= 0.6 is 0 Å². The summed E-state index contributed by atoms with van der Waals surface area (Å²) in [5.41, 5.74) is -0.992. The molecule has 1 saturated heterocycles. The fourth-order valence-corrected chi connectivity index (χ4v) is 6.50. The van der Waals surface area contributed by atoms with Crippen LogP contribution in [0.1, 0.15) is 67.7 Å². The van der Waals surface area contributed by atoms with Crippen molar-refractivity contribution in [2.75, 3.05) is 0 Å². The Balaban J connectivity index is 1.83. The van der Waals surface area contributed by atoms with Crippen LogP contribution in [0.4, 0.5) is 0 Å². The second kappa shape index (κ2) is 6.65. The second-order valence-corrected chi connectivity index (χ2v) is 10.8. The fourth-order valence-electron chi connectivity index (χ4n) is 6.50. The first-order valence-corrected chi connectivity index (χ1v) is 11.1. The maximum atomic E-state index is 13.9. The fraction of sp³-hybridized carbons (Fsp3) is 0.792. The molecule has 0 unspecified atom stereocenters. The van der Waals surface area contributed by atoms with Crippen LogP contribution in [0.25, 0.3) is 0 Å². The Morgan fingerprint density at radius 1 is 1.17 bits per heavy atom. The van der Waals surface area contributed by atoms with Crippen LogP contribution < -0.4 is 0 Å². The smallest absolute Gasteiger partial charge is 0.303 e. The molecule has 8 atom stereocenters. The molecule has 0 radical (unpaired) electrons. The van der Waals surface area contributed by atoms with Crippen LogP contribution in [-0.2, 0) is 28.6 Å². The first-order valence-electron chi connectivity index (χ1n) is 11.1. The van der Waals surface area contributed by atoms with Crippen molar-refractivity contribution in [3.63, 3.8) is 0 Å². The molecule has 0 spiro atoms. The van der Waals surface area contributed by atoms with Crippen molar-refractivity contribution in [2.45, 2.75) is 91.1 Å². The molecule has 2 saturated carbocycles. The number of epoxide rings is 1. The molecule has 4 rings (SSSR count). The van der Waals surface area contributed by atoms with Crippen molar-refractivity contribution in [3.05, 3.63) is 11.6 Å². The van der Waals surface area contributed by atoms with E-state index in [2.05, 4.69) is 26.8 Å². The topological polar surface area (TPSA) is 82.2 Å². The number of Topliss-reactive ketones (excluding diaryl/α,β-unsaturated/α-hetero) is 1. The number of allylic oxidation sites excluding steroid dienone is 1. The highest BCUT2D eigenvalue weighted by molar-refractivity contribution is 6.03. The van der Waals surface area contributed by atoms with Gasteiger partial charge in [0.05, 0.1) is 17.6 Å². The molecule has 166 valence electrons. The van der Waals surface area contributed by atoms with Crippen LogP contribution in [0.2, 0.25) is 0 Å². The van der Waals surface area contributed by atoms with Crippen molar-refractivity contribution in [2.24, 2.45) is 29.1 Å². The molecule has 0 aromatic carbocycles. The van der Waals surface area contributed by atoms with Crippen LogP contribution in [0, 0.1) is 29.1 Å². The summed E-state index contributed by atoms with van der Waals surface area (Å²) < 4.78 is 17.8. The molecule has 1 heterocycles. The minimum absolute atomic E-state index is 0.128. The van der Waals surface area contributed by atoms with Crippen LogP contribution in [0.5, 0.6) is 0 Å². The van der Waals surface area contributed by atoms with Gasteiger partial charge in [0.15, 0.2) is 5.60 Å². The van der Waals surface area contributed by atoms with Crippen LogP contribution in [0.15, 0.2) is 11.6 Å². The summed E-state index contributed by atoms with van der Waals surface area (Å²) in [6.45, 7) is 13.0. The number of fused-ring (bicyclic) bond motifs is 4. The summed E-state index contributed by atoms with van der Waals surface area (Å²) in [4.78, 5) is 38.0. The zero-order valence-corrected chi connectivity index (χ0v) is 19.1. The van der Waals surface area contributed by atoms with E-state index in [9.17, 15) is 14.4 Å². The first kappa shape index (κ1) is 21.5. The highest BCUT2D eigenvalue weighted by atomic mass is 16.6. The standard InChI is InChI=1S/C24H34O6/c1-12-10-17-16(22(17,5)6)8-9-23(7)21(30-23)18-19(28-14(3)25)13(2)11-24(18,20(12)27)29-15(4)26/h10,13,16-19,21H,8-9,11H2,1-7H3/b12-10+/t13-,16-,17-,18+,19-,21+,23+,24+/m0/s1. The molecule has 4 aliphatic rings. The Hall–Kier alpha value is -1.69. The van der Waals surface area contributed by atoms with Crippen molar-refractivity contribution in [1.82, 2.24) is 0 Å². The van der Waals surface area contributed by atoms with Crippen LogP contribution in [-0.4, -0.2) is 41.1 Å². The largest absolute Gasteiger partial charge is 0.462 e. The Morgan fingerprint density at radius 2 is 1.83 bits per heavy atom. The normalized spacial score (nSPS) is 48.1. The van der Waals surface area contributed by atoms with Gasteiger partial charge in [0.1, 0.15) is 6.10 Å². The van der Waals surface area contributed by atoms with E-state index in [0.29, 0.717) is 23.8 Å². The average Bonchev–Trinajstić information content (AvgIpc) is 3.38. The first-order chi connectivity index (χ1) is 13.8. The molecule has 30 heavy (non-hydrogen) atoms. The number of rotatable bonds is 2. The molecule has 1 aliphatic heterocycles. The minimum Gasteiger partial charge on any atom is -0.462 e. The predicted molar refractivity (Wildman–Crippen MR) is 109 cm³/mol. The Bertz CT molecular complexity index is 828. The van der Waals surface area contributed by atoms with E-state index in [1.54, 1.807) is 0 Å². The van der Waals surface area contributed by atoms with Crippen molar-refractivity contribution in [3.8, 4) is 0 Å². The lowest BCUT2D eigenvalue weighted by atomic mass is 9.77. The second-order valence-electron chi connectivity index (χ2n) is 10.8. The monoisotopic (exact) mass is 418 g/mol. The summed E-state index contributed by atoms with van der Waals surface area (Å²) in [6, 6.07) is 0. The lowest BCUT2D eigenvalue weighted by Gasteiger charge is -2.35. The Labute approximate surface area is 178 Å². The highest BCUT2D eigenvalue weighted by Gasteiger charge is 2.72. The van der Waals surface area contributed by atoms with Gasteiger partial charge in [-0.15, -0.1) is 0 Å². The molecular weight excluding hydrogens is 384 g/mol. The van der Waals surface area contributed by atoms with Crippen molar-refractivity contribution < 1.29 is 28.6 Å². The molecular formula is C24H34O6. The quantitative estimate of drug-likeness (QED) is 0.503. The third-order valence-corrected chi connectivity index (χ3v) is 8.24. The number of carbonyl (C=O) groups excluding carboxylic acids is 3. The molecule has 0 amide bonds. The van der Waals surface area contributed by atoms with E-state index in [1.807, 2.05) is 13.8 Å². The van der Waals surface area contributed by atoms with E-state index >= 15 is 0 Å². The predicted octanol–water partition coefficient (Wildman–Crippen LogP) is 3.61. The van der Waals surface area contributed by atoms with E-state index < -0.39 is 35.2 Å². The van der Waals surface area contributed by atoms with Gasteiger partial charge in [0, 0.05) is 20.3 Å². The number of hydrogen-bond donors (Lipinski definition) is 0. The van der Waals surface area contributed by atoms with Gasteiger partial charge < -0.3 is 14.2 Å². The van der Waals surface area contributed by atoms with E-state index in [-0.39, 0.29) is 23.2 Å². The number of hydrogen-bond acceptors (Lipinski definition) is 6. The number of ether oxygens (including phenoxy) is 3. The van der Waals surface area contributed by atoms with Gasteiger partial charge in [-0.05, 0) is 55.4 Å². The van der Waals surface area contributed by atoms with Crippen molar-refractivity contribution in [1.29, 1.82) is 0 Å². The molecule has 0 N–H and O–H groups in total.